The summed E-state index contributed by atoms with van der Waals surface area (Å²) in [6.07, 6.45) is 0.0693. The average molecular weight is 373 g/mol. The summed E-state index contributed by atoms with van der Waals surface area (Å²) in [5, 5.41) is 2.97. The summed E-state index contributed by atoms with van der Waals surface area (Å²) < 4.78 is 5.06. The molecule has 1 aliphatic heterocycles. The Morgan fingerprint density at radius 1 is 1.12 bits per heavy atom. The van der Waals surface area contributed by atoms with Crippen molar-refractivity contribution in [1.29, 1.82) is 0 Å². The van der Waals surface area contributed by atoms with Crippen molar-refractivity contribution in [3.05, 3.63) is 59.6 Å². The van der Waals surface area contributed by atoms with E-state index >= 15 is 0 Å². The van der Waals surface area contributed by atoms with Crippen molar-refractivity contribution >= 4 is 40.8 Å². The number of carbonyl (C=O) groups excluding carboxylic acids is 3. The molecule has 0 radical (unpaired) electrons. The van der Waals surface area contributed by atoms with Crippen molar-refractivity contribution < 1.29 is 19.1 Å². The minimum absolute atomic E-state index is 0.0693. The van der Waals surface area contributed by atoms with Crippen LogP contribution in [0.1, 0.15) is 6.42 Å². The molecule has 1 heterocycles. The predicted molar refractivity (Wildman–Crippen MR) is 97.9 cm³/mol. The first-order chi connectivity index (χ1) is 12.5. The van der Waals surface area contributed by atoms with Gasteiger partial charge in [-0.1, -0.05) is 41.9 Å². The maximum absolute atomic E-state index is 12.2. The lowest BCUT2D eigenvalue weighted by atomic mass is 10.1. The number of nitrogens with zero attached hydrogens (tertiary/aromatic N) is 1. The summed E-state index contributed by atoms with van der Waals surface area (Å²) in [6.45, 7) is -0.187. The first-order valence-corrected chi connectivity index (χ1v) is 8.49. The molecule has 1 fully saturated rings. The van der Waals surface area contributed by atoms with Crippen LogP contribution in [0.25, 0.3) is 0 Å². The van der Waals surface area contributed by atoms with Gasteiger partial charge in [-0.2, -0.15) is 0 Å². The van der Waals surface area contributed by atoms with E-state index in [1.54, 1.807) is 29.2 Å². The molecule has 134 valence electrons. The van der Waals surface area contributed by atoms with E-state index in [-0.39, 0.29) is 18.9 Å². The molecule has 2 aromatic rings. The summed E-state index contributed by atoms with van der Waals surface area (Å²) in [7, 11) is 0. The highest BCUT2D eigenvalue weighted by molar-refractivity contribution is 6.33. The van der Waals surface area contributed by atoms with Gasteiger partial charge in [-0.3, -0.25) is 14.4 Å². The lowest BCUT2D eigenvalue weighted by Gasteiger charge is -2.16. The predicted octanol–water partition coefficient (Wildman–Crippen LogP) is 2.87. The van der Waals surface area contributed by atoms with Gasteiger partial charge in [0.25, 0.3) is 5.91 Å². The summed E-state index contributed by atoms with van der Waals surface area (Å²) in [6, 6.07) is 15.9. The second-order valence-corrected chi connectivity index (χ2v) is 6.28. The standard InChI is InChI=1S/C19H17ClN2O4/c20-15-8-4-5-9-16(15)21-17(23)12-26-19(25)13-10-18(24)22(11-13)14-6-2-1-3-7-14/h1-9,13H,10-12H2,(H,21,23)/t13-/m1/s1. The Balaban J connectivity index is 1.52. The van der Waals surface area contributed by atoms with Crippen LogP contribution >= 0.6 is 11.6 Å². The Hall–Kier alpha value is -2.86. The molecule has 2 amide bonds. The zero-order valence-electron chi connectivity index (χ0n) is 13.9. The summed E-state index contributed by atoms with van der Waals surface area (Å²) >= 11 is 5.96. The van der Waals surface area contributed by atoms with Gasteiger partial charge in [-0.25, -0.2) is 0 Å². The average Bonchev–Trinajstić information content (AvgIpc) is 3.04. The third-order valence-electron chi connectivity index (χ3n) is 4.02. The summed E-state index contributed by atoms with van der Waals surface area (Å²) in [5.74, 6) is -1.78. The molecule has 2 aromatic carbocycles. The van der Waals surface area contributed by atoms with E-state index in [2.05, 4.69) is 5.32 Å². The van der Waals surface area contributed by atoms with Crippen LogP contribution in [-0.4, -0.2) is 30.9 Å². The minimum atomic E-state index is -0.587. The molecule has 6 nitrogen and oxygen atoms in total. The molecule has 0 aliphatic carbocycles. The number of nitrogens with one attached hydrogen (secondary N) is 1. The smallest absolute Gasteiger partial charge is 0.311 e. The lowest BCUT2D eigenvalue weighted by molar-refractivity contribution is -0.151. The van der Waals surface area contributed by atoms with Crippen LogP contribution < -0.4 is 10.2 Å². The molecular formula is C19H17ClN2O4. The number of rotatable bonds is 5. The number of hydrogen-bond donors (Lipinski definition) is 1. The molecule has 1 saturated heterocycles. The maximum Gasteiger partial charge on any atom is 0.311 e. The van der Waals surface area contributed by atoms with Crippen molar-refractivity contribution in [3.63, 3.8) is 0 Å². The van der Waals surface area contributed by atoms with Gasteiger partial charge in [0.1, 0.15) is 0 Å². The molecule has 7 heteroatoms. The Morgan fingerprint density at radius 3 is 2.54 bits per heavy atom. The molecule has 26 heavy (non-hydrogen) atoms. The number of amides is 2. The molecule has 1 aliphatic rings. The van der Waals surface area contributed by atoms with E-state index in [0.717, 1.165) is 5.69 Å². The second kappa shape index (κ2) is 8.01. The first-order valence-electron chi connectivity index (χ1n) is 8.11. The summed E-state index contributed by atoms with van der Waals surface area (Å²) in [4.78, 5) is 37.8. The van der Waals surface area contributed by atoms with E-state index in [4.69, 9.17) is 16.3 Å². The first kappa shape index (κ1) is 17.9. The summed E-state index contributed by atoms with van der Waals surface area (Å²) in [5.41, 5.74) is 1.19. The second-order valence-electron chi connectivity index (χ2n) is 5.88. The number of esters is 1. The number of para-hydroxylation sites is 2. The van der Waals surface area contributed by atoms with Crippen molar-refractivity contribution in [2.24, 2.45) is 5.92 Å². The third kappa shape index (κ3) is 4.21. The van der Waals surface area contributed by atoms with Crippen LogP contribution in [0.5, 0.6) is 0 Å². The van der Waals surface area contributed by atoms with Crippen molar-refractivity contribution in [1.82, 2.24) is 0 Å². The van der Waals surface area contributed by atoms with Crippen LogP contribution in [-0.2, 0) is 19.1 Å². The Kier molecular flexibility index (Phi) is 5.53. The van der Waals surface area contributed by atoms with Crippen LogP contribution in [0.2, 0.25) is 5.02 Å². The lowest BCUT2D eigenvalue weighted by Crippen LogP contribution is -2.28. The SMILES string of the molecule is O=C(COC(=O)[C@@H]1CC(=O)N(c2ccccc2)C1)Nc1ccccc1Cl. The van der Waals surface area contributed by atoms with E-state index in [1.807, 2.05) is 30.3 Å². The van der Waals surface area contributed by atoms with E-state index in [0.29, 0.717) is 10.7 Å². The highest BCUT2D eigenvalue weighted by Gasteiger charge is 2.36. The quantitative estimate of drug-likeness (QED) is 0.819. The monoisotopic (exact) mass is 372 g/mol. The topological polar surface area (TPSA) is 75.7 Å². The molecule has 0 bridgehead atoms. The zero-order valence-corrected chi connectivity index (χ0v) is 14.6. The van der Waals surface area contributed by atoms with E-state index in [9.17, 15) is 14.4 Å². The molecule has 1 N–H and O–H groups in total. The molecular weight excluding hydrogens is 356 g/mol. The molecule has 0 saturated carbocycles. The van der Waals surface area contributed by atoms with Crippen molar-refractivity contribution in [2.75, 3.05) is 23.4 Å². The number of ether oxygens (including phenoxy) is 1. The van der Waals surface area contributed by atoms with Gasteiger partial charge in [-0.05, 0) is 24.3 Å². The van der Waals surface area contributed by atoms with Crippen molar-refractivity contribution in [2.45, 2.75) is 6.42 Å². The number of benzene rings is 2. The van der Waals surface area contributed by atoms with Crippen LogP contribution in [0.4, 0.5) is 11.4 Å². The van der Waals surface area contributed by atoms with E-state index in [1.165, 1.54) is 0 Å². The normalized spacial score (nSPS) is 16.4. The van der Waals surface area contributed by atoms with Gasteiger partial charge >= 0.3 is 5.97 Å². The highest BCUT2D eigenvalue weighted by Crippen LogP contribution is 2.25. The third-order valence-corrected chi connectivity index (χ3v) is 4.35. The van der Waals surface area contributed by atoms with Gasteiger partial charge < -0.3 is 15.0 Å². The molecule has 0 unspecified atom stereocenters. The van der Waals surface area contributed by atoms with Gasteiger partial charge in [0.15, 0.2) is 6.61 Å². The van der Waals surface area contributed by atoms with Crippen LogP contribution in [0.15, 0.2) is 54.6 Å². The zero-order chi connectivity index (χ0) is 18.5. The van der Waals surface area contributed by atoms with Crippen LogP contribution in [0.3, 0.4) is 0 Å². The fraction of sp³-hybridized carbons (Fsp3) is 0.211. The fourth-order valence-electron chi connectivity index (χ4n) is 2.73. The van der Waals surface area contributed by atoms with Gasteiger partial charge in [-0.15, -0.1) is 0 Å². The largest absolute Gasteiger partial charge is 0.455 e. The Labute approximate surface area is 155 Å². The molecule has 0 aromatic heterocycles. The molecule has 3 rings (SSSR count). The number of carbonyl (C=O) groups is 3. The molecule has 0 spiro atoms. The minimum Gasteiger partial charge on any atom is -0.455 e. The number of hydrogen-bond acceptors (Lipinski definition) is 4. The number of halogens is 1. The van der Waals surface area contributed by atoms with E-state index < -0.39 is 24.4 Å². The highest BCUT2D eigenvalue weighted by atomic mass is 35.5. The Morgan fingerprint density at radius 2 is 1.81 bits per heavy atom. The van der Waals surface area contributed by atoms with Gasteiger partial charge in [0, 0.05) is 18.7 Å². The Bertz CT molecular complexity index is 825. The maximum atomic E-state index is 12.2. The molecule has 1 atom stereocenters. The number of anilines is 2. The fourth-order valence-corrected chi connectivity index (χ4v) is 2.91. The van der Waals surface area contributed by atoms with Gasteiger partial charge in [0.05, 0.1) is 16.6 Å². The van der Waals surface area contributed by atoms with Crippen LogP contribution in [0, 0.1) is 5.92 Å². The van der Waals surface area contributed by atoms with Crippen molar-refractivity contribution in [3.8, 4) is 0 Å². The van der Waals surface area contributed by atoms with Gasteiger partial charge in [0.2, 0.25) is 5.91 Å².